The standard InChI is InChI=1S/C17H24ClN3O4/c1-21(10-16(22)19-9-13-4-3-7-25-13)11-17(23)20-14-8-12(18)5-6-15(14)24-2/h5-6,8,13H,3-4,7,9-11H2,1-2H3,(H,19,22)(H,20,23)/p+1/t13-/m0/s1. The number of quaternary nitrogens is 1. The molecule has 25 heavy (non-hydrogen) atoms. The topological polar surface area (TPSA) is 81.1 Å². The Kier molecular flexibility index (Phi) is 7.49. The predicted octanol–water partition coefficient (Wildman–Crippen LogP) is 0.0970. The maximum atomic E-state index is 12.2. The van der Waals surface area contributed by atoms with Crippen LogP contribution in [-0.4, -0.2) is 58.3 Å². The molecule has 8 heteroatoms. The van der Waals surface area contributed by atoms with Crippen molar-refractivity contribution >= 4 is 29.1 Å². The molecule has 7 nitrogen and oxygen atoms in total. The quantitative estimate of drug-likeness (QED) is 0.606. The highest BCUT2D eigenvalue weighted by atomic mass is 35.5. The summed E-state index contributed by atoms with van der Waals surface area (Å²) in [6, 6.07) is 5.00. The van der Waals surface area contributed by atoms with E-state index >= 15 is 0 Å². The van der Waals surface area contributed by atoms with Gasteiger partial charge in [0.25, 0.3) is 11.8 Å². The first kappa shape index (κ1) is 19.5. The van der Waals surface area contributed by atoms with Crippen molar-refractivity contribution in [3.8, 4) is 5.75 Å². The maximum absolute atomic E-state index is 12.2. The van der Waals surface area contributed by atoms with Crippen molar-refractivity contribution in [1.29, 1.82) is 0 Å². The Bertz CT molecular complexity index is 606. The van der Waals surface area contributed by atoms with Gasteiger partial charge in [-0.3, -0.25) is 9.59 Å². The summed E-state index contributed by atoms with van der Waals surface area (Å²) in [5.41, 5.74) is 0.510. The summed E-state index contributed by atoms with van der Waals surface area (Å²) in [5.74, 6) is 0.218. The van der Waals surface area contributed by atoms with E-state index in [0.29, 0.717) is 23.0 Å². The molecule has 1 aromatic rings. The lowest BCUT2D eigenvalue weighted by Gasteiger charge is -2.16. The van der Waals surface area contributed by atoms with Gasteiger partial charge in [0.1, 0.15) is 5.75 Å². The van der Waals surface area contributed by atoms with Crippen LogP contribution in [-0.2, 0) is 14.3 Å². The minimum absolute atomic E-state index is 0.0962. The molecule has 1 aliphatic heterocycles. The van der Waals surface area contributed by atoms with Crippen LogP contribution in [0.1, 0.15) is 12.8 Å². The molecule has 1 aliphatic rings. The molecule has 3 N–H and O–H groups in total. The van der Waals surface area contributed by atoms with Crippen molar-refractivity contribution in [3.63, 3.8) is 0 Å². The lowest BCUT2D eigenvalue weighted by Crippen LogP contribution is -3.11. The zero-order chi connectivity index (χ0) is 18.2. The summed E-state index contributed by atoms with van der Waals surface area (Å²) >= 11 is 5.95. The first-order valence-electron chi connectivity index (χ1n) is 8.31. The van der Waals surface area contributed by atoms with Gasteiger partial charge in [0, 0.05) is 18.2 Å². The van der Waals surface area contributed by atoms with Crippen LogP contribution in [0.5, 0.6) is 5.75 Å². The van der Waals surface area contributed by atoms with Gasteiger partial charge in [0.15, 0.2) is 13.1 Å². The molecule has 2 rings (SSSR count). The molecule has 1 saturated heterocycles. The van der Waals surface area contributed by atoms with Gasteiger partial charge < -0.3 is 25.0 Å². The van der Waals surface area contributed by atoms with Crippen LogP contribution in [0.3, 0.4) is 0 Å². The minimum atomic E-state index is -0.218. The highest BCUT2D eigenvalue weighted by Gasteiger charge is 2.19. The Morgan fingerprint density at radius 1 is 1.36 bits per heavy atom. The van der Waals surface area contributed by atoms with Crippen molar-refractivity contribution in [2.75, 3.05) is 45.7 Å². The number of rotatable bonds is 8. The smallest absolute Gasteiger partial charge is 0.279 e. The molecule has 0 radical (unpaired) electrons. The van der Waals surface area contributed by atoms with Gasteiger partial charge >= 0.3 is 0 Å². The van der Waals surface area contributed by atoms with E-state index in [0.717, 1.165) is 24.3 Å². The number of anilines is 1. The minimum Gasteiger partial charge on any atom is -0.495 e. The Balaban J connectivity index is 1.75. The molecule has 2 atom stereocenters. The Hall–Kier alpha value is -1.83. The zero-order valence-electron chi connectivity index (χ0n) is 14.6. The van der Waals surface area contributed by atoms with Gasteiger partial charge in [-0.2, -0.15) is 0 Å². The molecule has 1 unspecified atom stereocenters. The van der Waals surface area contributed by atoms with Gasteiger partial charge in [0.2, 0.25) is 0 Å². The second-order valence-corrected chi connectivity index (χ2v) is 6.58. The molecule has 0 aliphatic carbocycles. The number of hydrogen-bond donors (Lipinski definition) is 3. The van der Waals surface area contributed by atoms with Gasteiger partial charge in [-0.25, -0.2) is 0 Å². The maximum Gasteiger partial charge on any atom is 0.279 e. The summed E-state index contributed by atoms with van der Waals surface area (Å²) in [6.45, 7) is 1.66. The van der Waals surface area contributed by atoms with Gasteiger partial charge in [-0.05, 0) is 31.0 Å². The van der Waals surface area contributed by atoms with Gasteiger partial charge in [-0.1, -0.05) is 11.6 Å². The zero-order valence-corrected chi connectivity index (χ0v) is 15.3. The summed E-state index contributed by atoms with van der Waals surface area (Å²) in [6.07, 6.45) is 2.13. The average Bonchev–Trinajstić information content (AvgIpc) is 3.06. The van der Waals surface area contributed by atoms with Crippen molar-refractivity contribution in [1.82, 2.24) is 5.32 Å². The van der Waals surface area contributed by atoms with Crippen molar-refractivity contribution in [2.24, 2.45) is 0 Å². The number of halogens is 1. The summed E-state index contributed by atoms with van der Waals surface area (Å²) < 4.78 is 10.7. The van der Waals surface area contributed by atoms with Crippen LogP contribution in [0, 0.1) is 0 Å². The molecule has 0 spiro atoms. The van der Waals surface area contributed by atoms with Crippen LogP contribution in [0.25, 0.3) is 0 Å². The fourth-order valence-electron chi connectivity index (χ4n) is 2.68. The van der Waals surface area contributed by atoms with Crippen molar-refractivity contribution in [3.05, 3.63) is 23.2 Å². The molecule has 1 fully saturated rings. The Labute approximate surface area is 152 Å². The van der Waals surface area contributed by atoms with Crippen LogP contribution in [0.2, 0.25) is 5.02 Å². The van der Waals surface area contributed by atoms with E-state index in [4.69, 9.17) is 21.1 Å². The molecule has 0 aromatic heterocycles. The first-order valence-corrected chi connectivity index (χ1v) is 8.68. The number of methoxy groups -OCH3 is 1. The largest absolute Gasteiger partial charge is 0.495 e. The lowest BCUT2D eigenvalue weighted by molar-refractivity contribution is -0.862. The van der Waals surface area contributed by atoms with E-state index in [1.807, 2.05) is 0 Å². The fraction of sp³-hybridized carbons (Fsp3) is 0.529. The molecular weight excluding hydrogens is 346 g/mol. The molecule has 0 saturated carbocycles. The molecule has 0 bridgehead atoms. The number of likely N-dealkylation sites (N-methyl/N-ethyl adjacent to an activating group) is 1. The van der Waals surface area contributed by atoms with E-state index in [-0.39, 0.29) is 31.0 Å². The van der Waals surface area contributed by atoms with E-state index in [1.54, 1.807) is 25.2 Å². The Morgan fingerprint density at radius 3 is 2.80 bits per heavy atom. The number of ether oxygens (including phenoxy) is 2. The second kappa shape index (κ2) is 9.60. The predicted molar refractivity (Wildman–Crippen MR) is 95.2 cm³/mol. The molecule has 138 valence electrons. The number of benzene rings is 1. The van der Waals surface area contributed by atoms with Crippen LogP contribution < -0.4 is 20.3 Å². The van der Waals surface area contributed by atoms with Crippen LogP contribution in [0.4, 0.5) is 5.69 Å². The fourth-order valence-corrected chi connectivity index (χ4v) is 2.85. The third-order valence-electron chi connectivity index (χ3n) is 3.91. The van der Waals surface area contributed by atoms with Crippen LogP contribution >= 0.6 is 11.6 Å². The summed E-state index contributed by atoms with van der Waals surface area (Å²) in [5, 5.41) is 6.12. The second-order valence-electron chi connectivity index (χ2n) is 6.14. The van der Waals surface area contributed by atoms with E-state index < -0.39 is 0 Å². The first-order chi connectivity index (χ1) is 12.0. The van der Waals surface area contributed by atoms with Gasteiger partial charge in [0.05, 0.1) is 25.9 Å². The highest BCUT2D eigenvalue weighted by Crippen LogP contribution is 2.27. The van der Waals surface area contributed by atoms with Crippen molar-refractivity contribution in [2.45, 2.75) is 18.9 Å². The number of hydrogen-bond acceptors (Lipinski definition) is 4. The lowest BCUT2D eigenvalue weighted by atomic mass is 10.2. The van der Waals surface area contributed by atoms with Gasteiger partial charge in [-0.15, -0.1) is 0 Å². The normalized spacial score (nSPS) is 17.8. The number of carbonyl (C=O) groups excluding carboxylic acids is 2. The molecule has 1 heterocycles. The van der Waals surface area contributed by atoms with E-state index in [2.05, 4.69) is 10.6 Å². The average molecular weight is 371 g/mol. The third-order valence-corrected chi connectivity index (χ3v) is 4.15. The molecule has 2 amide bonds. The third kappa shape index (κ3) is 6.53. The number of amides is 2. The van der Waals surface area contributed by atoms with E-state index in [1.165, 1.54) is 7.11 Å². The summed E-state index contributed by atoms with van der Waals surface area (Å²) in [7, 11) is 3.31. The molecule has 1 aromatic carbocycles. The SMILES string of the molecule is COc1ccc(Cl)cc1NC(=O)C[NH+](C)CC(=O)NC[C@@H]1CCCO1. The Morgan fingerprint density at radius 2 is 2.12 bits per heavy atom. The highest BCUT2D eigenvalue weighted by molar-refractivity contribution is 6.31. The number of nitrogens with one attached hydrogen (secondary N) is 3. The van der Waals surface area contributed by atoms with Crippen molar-refractivity contribution < 1.29 is 24.0 Å². The molecular formula is C17H25ClN3O4+. The monoisotopic (exact) mass is 370 g/mol. The number of carbonyl (C=O) groups is 2. The van der Waals surface area contributed by atoms with Crippen LogP contribution in [0.15, 0.2) is 18.2 Å². The summed E-state index contributed by atoms with van der Waals surface area (Å²) in [4.78, 5) is 24.9. The van der Waals surface area contributed by atoms with E-state index in [9.17, 15) is 9.59 Å².